The monoisotopic (exact) mass is 239 g/mol. The van der Waals surface area contributed by atoms with Gasteiger partial charge in [-0.25, -0.2) is 0 Å². The summed E-state index contributed by atoms with van der Waals surface area (Å²) in [5.74, 6) is 0.0626. The van der Waals surface area contributed by atoms with Gasteiger partial charge in [0.25, 0.3) is 0 Å². The first-order valence-corrected chi connectivity index (χ1v) is 6.39. The minimum atomic E-state index is 0.0626. The molecule has 1 N–H and O–H groups in total. The van der Waals surface area contributed by atoms with Gasteiger partial charge in [-0.05, 0) is 19.3 Å². The lowest BCUT2D eigenvalue weighted by Gasteiger charge is -2.35. The highest BCUT2D eigenvalue weighted by atomic mass is 16.1. The third-order valence-electron chi connectivity index (χ3n) is 3.79. The summed E-state index contributed by atoms with van der Waals surface area (Å²) in [7, 11) is 0. The molecular formula is C12H21N3O2. The Labute approximate surface area is 102 Å². The highest BCUT2D eigenvalue weighted by Crippen LogP contribution is 2.20. The van der Waals surface area contributed by atoms with Crippen LogP contribution in [0.1, 0.15) is 26.2 Å². The zero-order valence-corrected chi connectivity index (χ0v) is 10.4. The van der Waals surface area contributed by atoms with Crippen LogP contribution in [0.25, 0.3) is 0 Å². The van der Waals surface area contributed by atoms with E-state index < -0.39 is 0 Å². The fourth-order valence-corrected chi connectivity index (χ4v) is 2.88. The summed E-state index contributed by atoms with van der Waals surface area (Å²) < 4.78 is 0. The van der Waals surface area contributed by atoms with Gasteiger partial charge in [-0.1, -0.05) is 0 Å². The minimum Gasteiger partial charge on any atom is -0.352 e. The van der Waals surface area contributed by atoms with E-state index in [0.717, 1.165) is 51.9 Å². The van der Waals surface area contributed by atoms with Crippen LogP contribution in [0.5, 0.6) is 0 Å². The molecule has 5 heteroatoms. The average molecular weight is 239 g/mol. The van der Waals surface area contributed by atoms with E-state index in [1.54, 1.807) is 6.92 Å². The minimum absolute atomic E-state index is 0.0626. The highest BCUT2D eigenvalue weighted by molar-refractivity contribution is 5.73. The van der Waals surface area contributed by atoms with Crippen LogP contribution in [-0.4, -0.2) is 60.4 Å². The lowest BCUT2D eigenvalue weighted by molar-refractivity contribution is -0.120. The molecule has 2 rings (SSSR count). The van der Waals surface area contributed by atoms with Crippen LogP contribution in [0.3, 0.4) is 0 Å². The Morgan fingerprint density at radius 3 is 2.53 bits per heavy atom. The summed E-state index contributed by atoms with van der Waals surface area (Å²) >= 11 is 0. The Morgan fingerprint density at radius 2 is 1.94 bits per heavy atom. The number of carbonyl (C=O) groups excluding carboxylic acids is 2. The van der Waals surface area contributed by atoms with Gasteiger partial charge in [0, 0.05) is 45.2 Å². The van der Waals surface area contributed by atoms with E-state index in [4.69, 9.17) is 0 Å². The van der Waals surface area contributed by atoms with E-state index >= 15 is 0 Å². The van der Waals surface area contributed by atoms with Gasteiger partial charge in [0.05, 0.1) is 0 Å². The van der Waals surface area contributed by atoms with Crippen molar-refractivity contribution in [3.63, 3.8) is 0 Å². The van der Waals surface area contributed by atoms with Gasteiger partial charge >= 0.3 is 0 Å². The van der Waals surface area contributed by atoms with Crippen molar-refractivity contribution in [3.8, 4) is 0 Å². The van der Waals surface area contributed by atoms with Crippen LogP contribution in [0.2, 0.25) is 0 Å². The molecular weight excluding hydrogens is 218 g/mol. The van der Waals surface area contributed by atoms with Crippen LogP contribution >= 0.6 is 0 Å². The molecule has 2 amide bonds. The summed E-state index contributed by atoms with van der Waals surface area (Å²) in [5, 5.41) is 2.98. The highest BCUT2D eigenvalue weighted by Gasteiger charge is 2.30. The van der Waals surface area contributed by atoms with E-state index in [-0.39, 0.29) is 5.91 Å². The third kappa shape index (κ3) is 3.19. The van der Waals surface area contributed by atoms with Gasteiger partial charge in [-0.3, -0.25) is 14.5 Å². The molecule has 1 atom stereocenters. The number of hydrogen-bond acceptors (Lipinski definition) is 3. The number of likely N-dealkylation sites (tertiary alicyclic amines) is 2. The van der Waals surface area contributed by atoms with Crippen molar-refractivity contribution in [3.05, 3.63) is 0 Å². The lowest BCUT2D eigenvalue weighted by atomic mass is 10.0. The zero-order chi connectivity index (χ0) is 12.3. The maximum absolute atomic E-state index is 11.0. The fraction of sp³-hybridized carbons (Fsp3) is 0.833. The maximum atomic E-state index is 11.0. The summed E-state index contributed by atoms with van der Waals surface area (Å²) in [4.78, 5) is 25.9. The van der Waals surface area contributed by atoms with Crippen LogP contribution in [-0.2, 0) is 9.59 Å². The quantitative estimate of drug-likeness (QED) is 0.695. The number of hydrogen-bond donors (Lipinski definition) is 1. The number of nitrogens with one attached hydrogen (secondary N) is 1. The molecule has 0 aromatic rings. The molecule has 0 aromatic carbocycles. The van der Waals surface area contributed by atoms with E-state index in [1.165, 1.54) is 0 Å². The molecule has 0 aliphatic carbocycles. The van der Waals surface area contributed by atoms with Crippen LogP contribution < -0.4 is 5.32 Å². The van der Waals surface area contributed by atoms with E-state index in [2.05, 4.69) is 10.2 Å². The molecule has 2 aliphatic rings. The topological polar surface area (TPSA) is 52.7 Å². The number of amides is 2. The lowest BCUT2D eigenvalue weighted by Crippen LogP contribution is -2.45. The van der Waals surface area contributed by atoms with Crippen molar-refractivity contribution in [2.24, 2.45) is 0 Å². The largest absolute Gasteiger partial charge is 0.352 e. The van der Waals surface area contributed by atoms with Crippen LogP contribution in [0.15, 0.2) is 0 Å². The maximum Gasteiger partial charge on any atom is 0.217 e. The molecule has 2 fully saturated rings. The van der Waals surface area contributed by atoms with Crippen LogP contribution in [0, 0.1) is 0 Å². The van der Waals surface area contributed by atoms with Gasteiger partial charge < -0.3 is 10.2 Å². The molecule has 0 aromatic heterocycles. The zero-order valence-electron chi connectivity index (χ0n) is 10.4. The number of carbonyl (C=O) groups is 2. The second-order valence-electron chi connectivity index (χ2n) is 5.05. The molecule has 0 spiro atoms. The van der Waals surface area contributed by atoms with Gasteiger partial charge in [0.2, 0.25) is 12.3 Å². The Hall–Kier alpha value is -1.10. The molecule has 0 radical (unpaired) electrons. The molecule has 0 saturated carbocycles. The third-order valence-corrected chi connectivity index (χ3v) is 3.79. The normalized spacial score (nSPS) is 27.1. The Bertz CT molecular complexity index is 287. The Kier molecular flexibility index (Phi) is 3.99. The van der Waals surface area contributed by atoms with E-state index in [0.29, 0.717) is 12.1 Å². The SMILES string of the molecule is CC(=O)N[C@H]1CCN(C2CCN(C=O)CC2)C1. The van der Waals surface area contributed by atoms with E-state index in [1.807, 2.05) is 4.90 Å². The predicted octanol–water partition coefficient (Wildman–Crippen LogP) is -0.182. The second-order valence-corrected chi connectivity index (χ2v) is 5.05. The molecule has 2 saturated heterocycles. The first kappa shape index (κ1) is 12.4. The Balaban J connectivity index is 1.77. The van der Waals surface area contributed by atoms with Crippen molar-refractivity contribution in [2.75, 3.05) is 26.2 Å². The molecule has 17 heavy (non-hydrogen) atoms. The van der Waals surface area contributed by atoms with Gasteiger partial charge in [-0.15, -0.1) is 0 Å². The smallest absolute Gasteiger partial charge is 0.217 e. The molecule has 2 aliphatic heterocycles. The van der Waals surface area contributed by atoms with Crippen molar-refractivity contribution in [1.29, 1.82) is 0 Å². The molecule has 0 unspecified atom stereocenters. The Morgan fingerprint density at radius 1 is 1.24 bits per heavy atom. The summed E-state index contributed by atoms with van der Waals surface area (Å²) in [6, 6.07) is 0.904. The van der Waals surface area contributed by atoms with Gasteiger partial charge in [0.1, 0.15) is 0 Å². The summed E-state index contributed by atoms with van der Waals surface area (Å²) in [5.41, 5.74) is 0. The number of nitrogens with zero attached hydrogens (tertiary/aromatic N) is 2. The first-order chi connectivity index (χ1) is 8.19. The molecule has 0 bridgehead atoms. The predicted molar refractivity (Wildman–Crippen MR) is 64.5 cm³/mol. The van der Waals surface area contributed by atoms with Crippen LogP contribution in [0.4, 0.5) is 0 Å². The van der Waals surface area contributed by atoms with E-state index in [9.17, 15) is 9.59 Å². The van der Waals surface area contributed by atoms with Gasteiger partial charge in [0.15, 0.2) is 0 Å². The van der Waals surface area contributed by atoms with Crippen molar-refractivity contribution < 1.29 is 9.59 Å². The standard InChI is InChI=1S/C12H21N3O2/c1-10(17)13-11-2-7-15(8-11)12-3-5-14(9-16)6-4-12/h9,11-12H,2-8H2,1H3,(H,13,17)/t11-/m0/s1. The second kappa shape index (κ2) is 5.49. The van der Waals surface area contributed by atoms with Crippen molar-refractivity contribution in [2.45, 2.75) is 38.3 Å². The molecule has 5 nitrogen and oxygen atoms in total. The average Bonchev–Trinajstić information content (AvgIpc) is 2.77. The van der Waals surface area contributed by atoms with Crippen molar-refractivity contribution >= 4 is 12.3 Å². The fourth-order valence-electron chi connectivity index (χ4n) is 2.88. The van der Waals surface area contributed by atoms with Crippen molar-refractivity contribution in [1.82, 2.24) is 15.1 Å². The number of rotatable bonds is 3. The first-order valence-electron chi connectivity index (χ1n) is 6.39. The summed E-state index contributed by atoms with van der Waals surface area (Å²) in [6.07, 6.45) is 4.12. The molecule has 96 valence electrons. The van der Waals surface area contributed by atoms with Gasteiger partial charge in [-0.2, -0.15) is 0 Å². The molecule has 2 heterocycles. The summed E-state index contributed by atoms with van der Waals surface area (Å²) in [6.45, 7) is 5.35. The number of piperidine rings is 1.